The van der Waals surface area contributed by atoms with Crippen molar-refractivity contribution in [3.63, 3.8) is 0 Å². The Morgan fingerprint density at radius 1 is 1.14 bits per heavy atom. The van der Waals surface area contributed by atoms with Gasteiger partial charge >= 0.3 is 5.97 Å². The van der Waals surface area contributed by atoms with Crippen molar-refractivity contribution in [3.8, 4) is 0 Å². The van der Waals surface area contributed by atoms with E-state index in [1.807, 2.05) is 6.07 Å². The van der Waals surface area contributed by atoms with Gasteiger partial charge in [-0.05, 0) is 50.3 Å². The second kappa shape index (κ2) is 5.76. The lowest BCUT2D eigenvalue weighted by atomic mass is 10.1. The second-order valence-corrected chi connectivity index (χ2v) is 5.85. The van der Waals surface area contributed by atoms with Gasteiger partial charge in [-0.15, -0.1) is 0 Å². The topological polar surface area (TPSA) is 69.6 Å². The van der Waals surface area contributed by atoms with E-state index in [-0.39, 0.29) is 17.4 Å². The number of benzene rings is 1. The van der Waals surface area contributed by atoms with Crippen LogP contribution in [0.1, 0.15) is 42.5 Å². The lowest BCUT2D eigenvalue weighted by Gasteiger charge is -2.29. The molecule has 0 spiro atoms. The number of rotatable bonds is 4. The Balaban J connectivity index is 1.82. The molecule has 2 fully saturated rings. The molecule has 21 heavy (non-hydrogen) atoms. The van der Waals surface area contributed by atoms with Crippen molar-refractivity contribution in [2.45, 2.75) is 32.1 Å². The van der Waals surface area contributed by atoms with Crippen molar-refractivity contribution >= 4 is 23.3 Å². The molecular weight excluding hydrogens is 268 g/mol. The van der Waals surface area contributed by atoms with Crippen LogP contribution >= 0.6 is 0 Å². The van der Waals surface area contributed by atoms with Gasteiger partial charge in [0, 0.05) is 24.7 Å². The number of aromatic carboxylic acids is 1. The smallest absolute Gasteiger partial charge is 0.337 e. The van der Waals surface area contributed by atoms with Crippen LogP contribution in [0.15, 0.2) is 18.2 Å². The van der Waals surface area contributed by atoms with E-state index in [1.54, 1.807) is 12.1 Å². The minimum Gasteiger partial charge on any atom is -0.478 e. The number of amides is 1. The van der Waals surface area contributed by atoms with E-state index in [2.05, 4.69) is 10.2 Å². The monoisotopic (exact) mass is 288 g/mol. The molecular formula is C16H20N2O3. The van der Waals surface area contributed by atoms with Gasteiger partial charge < -0.3 is 15.3 Å². The lowest BCUT2D eigenvalue weighted by molar-refractivity contribution is -0.117. The normalized spacial score (nSPS) is 18.4. The molecule has 1 aromatic rings. The van der Waals surface area contributed by atoms with Crippen molar-refractivity contribution in [3.05, 3.63) is 23.8 Å². The molecule has 0 bridgehead atoms. The highest BCUT2D eigenvalue weighted by Crippen LogP contribution is 2.32. The molecule has 0 aromatic heterocycles. The molecule has 1 amide bonds. The fourth-order valence-corrected chi connectivity index (χ4v) is 2.75. The molecule has 1 aliphatic heterocycles. The minimum atomic E-state index is -1.00. The van der Waals surface area contributed by atoms with Gasteiger partial charge in [-0.1, -0.05) is 0 Å². The van der Waals surface area contributed by atoms with Crippen LogP contribution in [0.4, 0.5) is 11.4 Å². The average molecular weight is 288 g/mol. The summed E-state index contributed by atoms with van der Waals surface area (Å²) in [5.41, 5.74) is 1.50. The molecule has 1 aliphatic carbocycles. The molecule has 0 unspecified atom stereocenters. The molecule has 2 N–H and O–H groups in total. The van der Waals surface area contributed by atoms with Crippen molar-refractivity contribution in [2.24, 2.45) is 5.92 Å². The number of hydrogen-bond acceptors (Lipinski definition) is 3. The predicted molar refractivity (Wildman–Crippen MR) is 80.8 cm³/mol. The summed E-state index contributed by atoms with van der Waals surface area (Å²) in [7, 11) is 0. The van der Waals surface area contributed by atoms with Gasteiger partial charge in [0.05, 0.1) is 11.3 Å². The Labute approximate surface area is 123 Å². The number of carbonyl (C=O) groups excluding carboxylic acids is 1. The summed E-state index contributed by atoms with van der Waals surface area (Å²) in [6.45, 7) is 1.93. The molecule has 5 nitrogen and oxygen atoms in total. The Bertz CT molecular complexity index is 561. The second-order valence-electron chi connectivity index (χ2n) is 5.85. The summed E-state index contributed by atoms with van der Waals surface area (Å²) >= 11 is 0. The van der Waals surface area contributed by atoms with Crippen LogP contribution in [0.3, 0.4) is 0 Å². The quantitative estimate of drug-likeness (QED) is 0.893. The molecule has 1 saturated carbocycles. The van der Waals surface area contributed by atoms with Crippen LogP contribution in [-0.4, -0.2) is 30.1 Å². The van der Waals surface area contributed by atoms with E-state index in [4.69, 9.17) is 0 Å². The number of carbonyl (C=O) groups is 2. The van der Waals surface area contributed by atoms with Crippen LogP contribution < -0.4 is 10.2 Å². The molecule has 0 radical (unpaired) electrons. The summed E-state index contributed by atoms with van der Waals surface area (Å²) in [4.78, 5) is 25.5. The molecule has 2 aliphatic rings. The third-order valence-corrected chi connectivity index (χ3v) is 4.16. The summed E-state index contributed by atoms with van der Waals surface area (Å²) in [6.07, 6.45) is 5.32. The standard InChI is InChI=1S/C16H20N2O3/c19-15(11-4-5-11)17-14-7-6-12(10-13(14)16(20)21)18-8-2-1-3-9-18/h6-7,10-11H,1-5,8-9H2,(H,17,19)(H,20,21). The fraction of sp³-hybridized carbons (Fsp3) is 0.500. The SMILES string of the molecule is O=C(O)c1cc(N2CCCCC2)ccc1NC(=O)C1CC1. The van der Waals surface area contributed by atoms with Crippen molar-refractivity contribution in [1.29, 1.82) is 0 Å². The van der Waals surface area contributed by atoms with Crippen LogP contribution in [0, 0.1) is 5.92 Å². The van der Waals surface area contributed by atoms with Gasteiger partial charge in [-0.25, -0.2) is 4.79 Å². The van der Waals surface area contributed by atoms with E-state index < -0.39 is 5.97 Å². The zero-order valence-electron chi connectivity index (χ0n) is 12.0. The highest BCUT2D eigenvalue weighted by molar-refractivity contribution is 6.02. The third kappa shape index (κ3) is 3.17. The maximum Gasteiger partial charge on any atom is 0.337 e. The zero-order chi connectivity index (χ0) is 14.8. The molecule has 1 saturated heterocycles. The van der Waals surface area contributed by atoms with Crippen molar-refractivity contribution in [2.75, 3.05) is 23.3 Å². The minimum absolute atomic E-state index is 0.0633. The maximum absolute atomic E-state index is 11.8. The molecule has 1 heterocycles. The predicted octanol–water partition coefficient (Wildman–Crippen LogP) is 2.72. The largest absolute Gasteiger partial charge is 0.478 e. The maximum atomic E-state index is 11.8. The highest BCUT2D eigenvalue weighted by Gasteiger charge is 2.30. The Morgan fingerprint density at radius 2 is 1.86 bits per heavy atom. The van der Waals surface area contributed by atoms with Crippen LogP contribution in [0.2, 0.25) is 0 Å². The first-order valence-electron chi connectivity index (χ1n) is 7.58. The third-order valence-electron chi connectivity index (χ3n) is 4.16. The van der Waals surface area contributed by atoms with Crippen LogP contribution in [0.5, 0.6) is 0 Å². The van der Waals surface area contributed by atoms with Crippen molar-refractivity contribution in [1.82, 2.24) is 0 Å². The Kier molecular flexibility index (Phi) is 3.82. The highest BCUT2D eigenvalue weighted by atomic mass is 16.4. The van der Waals surface area contributed by atoms with E-state index in [1.165, 1.54) is 6.42 Å². The lowest BCUT2D eigenvalue weighted by Crippen LogP contribution is -2.29. The number of hydrogen-bond donors (Lipinski definition) is 2. The summed E-state index contributed by atoms with van der Waals surface area (Å²) in [5.74, 6) is -1.00. The van der Waals surface area contributed by atoms with E-state index >= 15 is 0 Å². The fourth-order valence-electron chi connectivity index (χ4n) is 2.75. The number of carboxylic acid groups (broad SMARTS) is 1. The average Bonchev–Trinajstić information content (AvgIpc) is 3.33. The first-order chi connectivity index (χ1) is 10.1. The van der Waals surface area contributed by atoms with Crippen molar-refractivity contribution < 1.29 is 14.7 Å². The van der Waals surface area contributed by atoms with Crippen LogP contribution in [-0.2, 0) is 4.79 Å². The van der Waals surface area contributed by atoms with Gasteiger partial charge in [-0.2, -0.15) is 0 Å². The summed E-state index contributed by atoms with van der Waals surface area (Å²) in [6, 6.07) is 5.30. The summed E-state index contributed by atoms with van der Waals surface area (Å²) in [5, 5.41) is 12.1. The molecule has 0 atom stereocenters. The number of nitrogens with one attached hydrogen (secondary N) is 1. The van der Waals surface area contributed by atoms with Gasteiger partial charge in [0.15, 0.2) is 0 Å². The first kappa shape index (κ1) is 13.9. The molecule has 3 rings (SSSR count). The van der Waals surface area contributed by atoms with Gasteiger partial charge in [0.2, 0.25) is 5.91 Å². The van der Waals surface area contributed by atoms with E-state index in [9.17, 15) is 14.7 Å². The van der Waals surface area contributed by atoms with E-state index in [0.717, 1.165) is 44.5 Å². The molecule has 1 aromatic carbocycles. The Hall–Kier alpha value is -2.04. The molecule has 112 valence electrons. The number of carboxylic acids is 1. The van der Waals surface area contributed by atoms with Gasteiger partial charge in [0.25, 0.3) is 0 Å². The van der Waals surface area contributed by atoms with Crippen LogP contribution in [0.25, 0.3) is 0 Å². The van der Waals surface area contributed by atoms with E-state index in [0.29, 0.717) is 5.69 Å². The zero-order valence-corrected chi connectivity index (χ0v) is 12.0. The first-order valence-corrected chi connectivity index (χ1v) is 7.58. The van der Waals surface area contributed by atoms with Gasteiger partial charge in [-0.3, -0.25) is 4.79 Å². The Morgan fingerprint density at radius 3 is 2.48 bits per heavy atom. The number of anilines is 2. The number of nitrogens with zero attached hydrogens (tertiary/aromatic N) is 1. The number of piperidine rings is 1. The summed E-state index contributed by atoms with van der Waals surface area (Å²) < 4.78 is 0. The molecule has 5 heteroatoms. The van der Waals surface area contributed by atoms with Gasteiger partial charge in [0.1, 0.15) is 0 Å².